The van der Waals surface area contributed by atoms with Crippen molar-refractivity contribution < 1.29 is 4.43 Å². The maximum absolute atomic E-state index is 6.24. The van der Waals surface area contributed by atoms with E-state index < -0.39 is 8.32 Å². The molecule has 2 nitrogen and oxygen atoms in total. The first kappa shape index (κ1) is 15.7. The quantitative estimate of drug-likeness (QED) is 0.761. The van der Waals surface area contributed by atoms with Gasteiger partial charge in [0.2, 0.25) is 0 Å². The minimum absolute atomic E-state index is 0.288. The van der Waals surface area contributed by atoms with Crippen LogP contribution < -0.4 is 0 Å². The standard InChI is InChI=1S/C17H29NOSi/c1-17(2,3)20(4,5)19-13-12-15-11-10-14-8-6-7-9-16(14)18-15/h10-11H,6-9,12-13H2,1-5H3. The first-order chi connectivity index (χ1) is 9.29. The molecule has 20 heavy (non-hydrogen) atoms. The van der Waals surface area contributed by atoms with E-state index in [-0.39, 0.29) is 5.04 Å². The summed E-state index contributed by atoms with van der Waals surface area (Å²) in [5.41, 5.74) is 4.00. The van der Waals surface area contributed by atoms with Gasteiger partial charge in [0, 0.05) is 24.4 Å². The zero-order chi connectivity index (χ0) is 14.8. The van der Waals surface area contributed by atoms with Crippen molar-refractivity contribution in [3.8, 4) is 0 Å². The Hall–Kier alpha value is -0.673. The van der Waals surface area contributed by atoms with Crippen molar-refractivity contribution in [2.45, 2.75) is 71.0 Å². The number of aromatic nitrogens is 1. The maximum Gasteiger partial charge on any atom is 0.191 e. The molecule has 0 radical (unpaired) electrons. The molecule has 0 unspecified atom stereocenters. The average Bonchev–Trinajstić information content (AvgIpc) is 2.37. The van der Waals surface area contributed by atoms with Crippen LogP contribution in [0.15, 0.2) is 12.1 Å². The molecule has 1 aromatic rings. The molecular formula is C17H29NOSi. The Morgan fingerprint density at radius 1 is 1.15 bits per heavy atom. The fourth-order valence-electron chi connectivity index (χ4n) is 2.39. The van der Waals surface area contributed by atoms with Gasteiger partial charge in [-0.25, -0.2) is 0 Å². The Morgan fingerprint density at radius 3 is 2.55 bits per heavy atom. The molecule has 0 amide bonds. The second kappa shape index (κ2) is 5.98. The van der Waals surface area contributed by atoms with Crippen LogP contribution in [0.3, 0.4) is 0 Å². The summed E-state index contributed by atoms with van der Waals surface area (Å²) in [5.74, 6) is 0. The van der Waals surface area contributed by atoms with Crippen LogP contribution in [0.25, 0.3) is 0 Å². The summed E-state index contributed by atoms with van der Waals surface area (Å²) in [6, 6.07) is 4.47. The number of aryl methyl sites for hydroxylation is 2. The zero-order valence-corrected chi connectivity index (χ0v) is 14.8. The van der Waals surface area contributed by atoms with Gasteiger partial charge in [0.25, 0.3) is 0 Å². The van der Waals surface area contributed by atoms with Crippen molar-refractivity contribution in [2.24, 2.45) is 0 Å². The van der Waals surface area contributed by atoms with Crippen molar-refractivity contribution in [3.05, 3.63) is 29.1 Å². The Bertz CT molecular complexity index is 463. The highest BCUT2D eigenvalue weighted by Crippen LogP contribution is 2.36. The lowest BCUT2D eigenvalue weighted by Crippen LogP contribution is -2.41. The normalized spacial score (nSPS) is 16.1. The van der Waals surface area contributed by atoms with Gasteiger partial charge in [-0.3, -0.25) is 4.98 Å². The molecule has 0 saturated heterocycles. The first-order valence-corrected chi connectivity index (χ1v) is 10.8. The second-order valence-corrected chi connectivity index (χ2v) is 12.3. The molecule has 1 aliphatic rings. The summed E-state index contributed by atoms with van der Waals surface area (Å²) in [5, 5.41) is 0.288. The predicted octanol–water partition coefficient (Wildman–Crippen LogP) is 4.52. The molecule has 0 fully saturated rings. The summed E-state index contributed by atoms with van der Waals surface area (Å²) in [4.78, 5) is 4.83. The lowest BCUT2D eigenvalue weighted by Gasteiger charge is -2.36. The van der Waals surface area contributed by atoms with Crippen molar-refractivity contribution in [1.82, 2.24) is 4.98 Å². The lowest BCUT2D eigenvalue weighted by molar-refractivity contribution is 0.290. The van der Waals surface area contributed by atoms with Gasteiger partial charge in [-0.1, -0.05) is 26.8 Å². The van der Waals surface area contributed by atoms with E-state index in [0.29, 0.717) is 0 Å². The zero-order valence-electron chi connectivity index (χ0n) is 13.8. The summed E-state index contributed by atoms with van der Waals surface area (Å²) < 4.78 is 6.24. The molecule has 0 N–H and O–H groups in total. The Labute approximate surface area is 125 Å². The summed E-state index contributed by atoms with van der Waals surface area (Å²) in [6.07, 6.45) is 5.93. The van der Waals surface area contributed by atoms with Crippen LogP contribution in [0, 0.1) is 0 Å². The fourth-order valence-corrected chi connectivity index (χ4v) is 3.44. The van der Waals surface area contributed by atoms with Gasteiger partial charge >= 0.3 is 0 Å². The third-order valence-corrected chi connectivity index (χ3v) is 9.40. The highest BCUT2D eigenvalue weighted by molar-refractivity contribution is 6.74. The van der Waals surface area contributed by atoms with Crippen molar-refractivity contribution in [1.29, 1.82) is 0 Å². The minimum Gasteiger partial charge on any atom is -0.416 e. The molecule has 0 saturated carbocycles. The van der Waals surface area contributed by atoms with Crippen LogP contribution in [-0.2, 0) is 23.7 Å². The van der Waals surface area contributed by atoms with E-state index in [1.165, 1.54) is 36.2 Å². The van der Waals surface area contributed by atoms with Gasteiger partial charge in [-0.05, 0) is 55.4 Å². The largest absolute Gasteiger partial charge is 0.416 e. The van der Waals surface area contributed by atoms with Crippen LogP contribution in [0.1, 0.15) is 50.6 Å². The van der Waals surface area contributed by atoms with Gasteiger partial charge in [0.1, 0.15) is 0 Å². The first-order valence-electron chi connectivity index (χ1n) is 7.91. The van der Waals surface area contributed by atoms with E-state index in [2.05, 4.69) is 46.0 Å². The molecule has 0 bridgehead atoms. The van der Waals surface area contributed by atoms with Crippen molar-refractivity contribution in [2.75, 3.05) is 6.61 Å². The molecule has 3 heteroatoms. The van der Waals surface area contributed by atoms with Crippen LogP contribution >= 0.6 is 0 Å². The molecule has 112 valence electrons. The molecule has 1 heterocycles. The van der Waals surface area contributed by atoms with Gasteiger partial charge in [-0.15, -0.1) is 0 Å². The summed E-state index contributed by atoms with van der Waals surface area (Å²) in [6.45, 7) is 12.3. The number of rotatable bonds is 4. The number of pyridine rings is 1. The lowest BCUT2D eigenvalue weighted by atomic mass is 9.96. The second-order valence-electron chi connectivity index (χ2n) is 7.47. The van der Waals surface area contributed by atoms with E-state index in [9.17, 15) is 0 Å². The number of hydrogen-bond acceptors (Lipinski definition) is 2. The molecule has 0 aliphatic heterocycles. The van der Waals surface area contributed by atoms with Crippen molar-refractivity contribution in [3.63, 3.8) is 0 Å². The third-order valence-electron chi connectivity index (χ3n) is 4.86. The highest BCUT2D eigenvalue weighted by Gasteiger charge is 2.36. The molecule has 0 atom stereocenters. The fraction of sp³-hybridized carbons (Fsp3) is 0.706. The monoisotopic (exact) mass is 291 g/mol. The molecule has 0 aromatic carbocycles. The molecular weight excluding hydrogens is 262 g/mol. The van der Waals surface area contributed by atoms with Crippen LogP contribution in [-0.4, -0.2) is 19.9 Å². The smallest absolute Gasteiger partial charge is 0.191 e. The third kappa shape index (κ3) is 3.70. The van der Waals surface area contributed by atoms with Crippen LogP contribution in [0.4, 0.5) is 0 Å². The van der Waals surface area contributed by atoms with E-state index in [0.717, 1.165) is 19.4 Å². The SMILES string of the molecule is CC(C)(C)[Si](C)(C)OCCc1ccc2c(n1)CCCC2. The highest BCUT2D eigenvalue weighted by atomic mass is 28.4. The van der Waals surface area contributed by atoms with E-state index in [1.54, 1.807) is 0 Å². The van der Waals surface area contributed by atoms with E-state index in [4.69, 9.17) is 9.41 Å². The van der Waals surface area contributed by atoms with E-state index >= 15 is 0 Å². The van der Waals surface area contributed by atoms with Crippen molar-refractivity contribution >= 4 is 8.32 Å². The van der Waals surface area contributed by atoms with Gasteiger partial charge in [-0.2, -0.15) is 0 Å². The molecule has 1 aromatic heterocycles. The Morgan fingerprint density at radius 2 is 1.85 bits per heavy atom. The summed E-state index contributed by atoms with van der Waals surface area (Å²) in [7, 11) is -1.62. The van der Waals surface area contributed by atoms with Gasteiger partial charge < -0.3 is 4.43 Å². The van der Waals surface area contributed by atoms with Gasteiger partial charge in [0.05, 0.1) is 0 Å². The average molecular weight is 292 g/mol. The topological polar surface area (TPSA) is 22.1 Å². The molecule has 2 rings (SSSR count). The summed E-state index contributed by atoms with van der Waals surface area (Å²) >= 11 is 0. The number of fused-ring (bicyclic) bond motifs is 1. The van der Waals surface area contributed by atoms with Crippen LogP contribution in [0.2, 0.25) is 18.1 Å². The van der Waals surface area contributed by atoms with E-state index in [1.807, 2.05) is 0 Å². The van der Waals surface area contributed by atoms with Crippen LogP contribution in [0.5, 0.6) is 0 Å². The van der Waals surface area contributed by atoms with Gasteiger partial charge in [0.15, 0.2) is 8.32 Å². The molecule has 1 aliphatic carbocycles. The number of nitrogens with zero attached hydrogens (tertiary/aromatic N) is 1. The Kier molecular flexibility index (Phi) is 4.70. The maximum atomic E-state index is 6.24. The minimum atomic E-state index is -1.62. The predicted molar refractivity (Wildman–Crippen MR) is 87.7 cm³/mol. The number of hydrogen-bond donors (Lipinski definition) is 0. The Balaban J connectivity index is 1.92. The molecule has 0 spiro atoms.